The second-order valence-corrected chi connectivity index (χ2v) is 6.43. The van der Waals surface area contributed by atoms with Crippen molar-refractivity contribution in [2.24, 2.45) is 0 Å². The maximum Gasteiger partial charge on any atom is 0.294 e. The van der Waals surface area contributed by atoms with Gasteiger partial charge in [-0.3, -0.25) is 4.55 Å². The Bertz CT molecular complexity index is 486. The molecular formula is C11H18NO3S+. The first-order chi connectivity index (χ1) is 7.09. The molecule has 5 heteroatoms. The van der Waals surface area contributed by atoms with Crippen LogP contribution in [0.3, 0.4) is 0 Å². The highest BCUT2D eigenvalue weighted by Gasteiger charge is 2.15. The van der Waals surface area contributed by atoms with Crippen LogP contribution in [0.1, 0.15) is 11.1 Å². The average Bonchev–Trinajstić information content (AvgIpc) is 2.04. The van der Waals surface area contributed by atoms with Crippen LogP contribution in [0.4, 0.5) is 0 Å². The number of hydrogen-bond donors (Lipinski definition) is 1. The number of rotatable bonds is 3. The van der Waals surface area contributed by atoms with Gasteiger partial charge in [0.2, 0.25) is 0 Å². The summed E-state index contributed by atoms with van der Waals surface area (Å²) in [5, 5.41) is 0. The lowest BCUT2D eigenvalue weighted by molar-refractivity contribution is -0.884. The van der Waals surface area contributed by atoms with E-state index in [-0.39, 0.29) is 4.90 Å². The molecule has 0 fully saturated rings. The van der Waals surface area contributed by atoms with Crippen LogP contribution in [-0.2, 0) is 16.7 Å². The lowest BCUT2D eigenvalue weighted by Crippen LogP contribution is -2.33. The molecule has 1 rings (SSSR count). The van der Waals surface area contributed by atoms with Gasteiger partial charge in [0.15, 0.2) is 0 Å². The van der Waals surface area contributed by atoms with Gasteiger partial charge < -0.3 is 4.48 Å². The summed E-state index contributed by atoms with van der Waals surface area (Å²) in [7, 11) is 1.98. The zero-order valence-electron chi connectivity index (χ0n) is 10.1. The van der Waals surface area contributed by atoms with Crippen LogP contribution < -0.4 is 0 Å². The predicted molar refractivity (Wildman–Crippen MR) is 62.7 cm³/mol. The zero-order valence-corrected chi connectivity index (χ0v) is 10.9. The first-order valence-corrected chi connectivity index (χ1v) is 6.41. The van der Waals surface area contributed by atoms with Crippen LogP contribution in [0.15, 0.2) is 23.1 Å². The Hall–Kier alpha value is -0.910. The first-order valence-electron chi connectivity index (χ1n) is 4.97. The topological polar surface area (TPSA) is 54.4 Å². The summed E-state index contributed by atoms with van der Waals surface area (Å²) in [6.45, 7) is 2.65. The molecule has 0 amide bonds. The van der Waals surface area contributed by atoms with Gasteiger partial charge in [-0.25, -0.2) is 0 Å². The molecule has 0 saturated heterocycles. The van der Waals surface area contributed by atoms with Crippen molar-refractivity contribution >= 4 is 10.1 Å². The minimum absolute atomic E-state index is 0.0402. The van der Waals surface area contributed by atoms with E-state index < -0.39 is 10.1 Å². The molecule has 0 aliphatic rings. The van der Waals surface area contributed by atoms with Gasteiger partial charge in [0.25, 0.3) is 10.1 Å². The van der Waals surface area contributed by atoms with E-state index in [1.165, 1.54) is 12.1 Å². The summed E-state index contributed by atoms with van der Waals surface area (Å²) in [6, 6.07) is 4.67. The molecule has 0 unspecified atom stereocenters. The van der Waals surface area contributed by atoms with E-state index in [9.17, 15) is 8.42 Å². The Labute approximate surface area is 96.9 Å². The lowest BCUT2D eigenvalue weighted by Gasteiger charge is -2.25. The number of aryl methyl sites for hydroxylation is 1. The van der Waals surface area contributed by atoms with Gasteiger partial charge >= 0.3 is 0 Å². The number of hydrogen-bond acceptors (Lipinski definition) is 2. The van der Waals surface area contributed by atoms with E-state index >= 15 is 0 Å². The third-order valence-electron chi connectivity index (χ3n) is 2.26. The van der Waals surface area contributed by atoms with Crippen molar-refractivity contribution < 1.29 is 17.5 Å². The molecule has 1 aromatic rings. The highest BCUT2D eigenvalue weighted by molar-refractivity contribution is 7.85. The van der Waals surface area contributed by atoms with Crippen molar-refractivity contribution in [1.82, 2.24) is 0 Å². The summed E-state index contributed by atoms with van der Waals surface area (Å²) >= 11 is 0. The molecule has 4 nitrogen and oxygen atoms in total. The number of nitrogens with zero attached hydrogens (tertiary/aromatic N) is 1. The summed E-state index contributed by atoms with van der Waals surface area (Å²) in [4.78, 5) is -0.0402. The molecular weight excluding hydrogens is 226 g/mol. The molecule has 0 aliphatic heterocycles. The van der Waals surface area contributed by atoms with Crippen LogP contribution in [0.25, 0.3) is 0 Å². The Kier molecular flexibility index (Phi) is 3.42. The molecule has 0 heterocycles. The Morgan fingerprint density at radius 1 is 1.25 bits per heavy atom. The fourth-order valence-corrected chi connectivity index (χ4v) is 2.02. The van der Waals surface area contributed by atoms with Crippen molar-refractivity contribution in [2.45, 2.75) is 18.4 Å². The monoisotopic (exact) mass is 244 g/mol. The molecule has 0 saturated carbocycles. The first kappa shape index (κ1) is 13.2. The van der Waals surface area contributed by atoms with E-state index in [0.717, 1.165) is 17.7 Å². The average molecular weight is 244 g/mol. The summed E-state index contributed by atoms with van der Waals surface area (Å²) in [5.41, 5.74) is 1.96. The van der Waals surface area contributed by atoms with Crippen LogP contribution in [0, 0.1) is 6.92 Å². The van der Waals surface area contributed by atoms with Gasteiger partial charge in [0.1, 0.15) is 6.54 Å². The van der Waals surface area contributed by atoms with Gasteiger partial charge in [-0.15, -0.1) is 0 Å². The van der Waals surface area contributed by atoms with Crippen molar-refractivity contribution in [3.8, 4) is 0 Å². The lowest BCUT2D eigenvalue weighted by atomic mass is 10.1. The highest BCUT2D eigenvalue weighted by Crippen LogP contribution is 2.17. The largest absolute Gasteiger partial charge is 0.327 e. The molecule has 0 aromatic heterocycles. The fraction of sp³-hybridized carbons (Fsp3) is 0.455. The summed E-state index contributed by atoms with van der Waals surface area (Å²) in [6.07, 6.45) is 0. The standard InChI is InChI=1S/C11H17NO3S/c1-9-5-6-11(16(13,14)15)7-10(9)8-12(2,3)4/h5-7H,8H2,1-4H3/p+1. The van der Waals surface area contributed by atoms with E-state index in [0.29, 0.717) is 4.48 Å². The van der Waals surface area contributed by atoms with Crippen molar-refractivity contribution in [2.75, 3.05) is 21.1 Å². The predicted octanol–water partition coefficient (Wildman–Crippen LogP) is 1.45. The molecule has 0 radical (unpaired) electrons. The minimum atomic E-state index is -4.10. The molecule has 0 spiro atoms. The number of quaternary nitrogens is 1. The smallest absolute Gasteiger partial charge is 0.294 e. The normalized spacial score (nSPS) is 12.8. The Morgan fingerprint density at radius 3 is 2.25 bits per heavy atom. The van der Waals surface area contributed by atoms with Gasteiger partial charge in [0, 0.05) is 5.56 Å². The second-order valence-electron chi connectivity index (χ2n) is 5.01. The van der Waals surface area contributed by atoms with Crippen LogP contribution in [0.5, 0.6) is 0 Å². The van der Waals surface area contributed by atoms with E-state index in [4.69, 9.17) is 4.55 Å². The highest BCUT2D eigenvalue weighted by atomic mass is 32.2. The van der Waals surface area contributed by atoms with Gasteiger partial charge in [-0.05, 0) is 24.6 Å². The van der Waals surface area contributed by atoms with Crippen LogP contribution in [-0.4, -0.2) is 38.6 Å². The van der Waals surface area contributed by atoms with Crippen molar-refractivity contribution in [3.63, 3.8) is 0 Å². The van der Waals surface area contributed by atoms with Crippen molar-refractivity contribution in [3.05, 3.63) is 29.3 Å². The van der Waals surface area contributed by atoms with Gasteiger partial charge in [-0.1, -0.05) is 6.07 Å². The quantitative estimate of drug-likeness (QED) is 0.646. The molecule has 90 valence electrons. The third kappa shape index (κ3) is 3.59. The van der Waals surface area contributed by atoms with Gasteiger partial charge in [-0.2, -0.15) is 8.42 Å². The molecule has 0 atom stereocenters. The second kappa shape index (κ2) is 4.16. The summed E-state index contributed by atoms with van der Waals surface area (Å²) in [5.74, 6) is 0. The van der Waals surface area contributed by atoms with E-state index in [1.54, 1.807) is 6.07 Å². The molecule has 16 heavy (non-hydrogen) atoms. The molecule has 0 bridgehead atoms. The van der Waals surface area contributed by atoms with Gasteiger partial charge in [0.05, 0.1) is 26.0 Å². The third-order valence-corrected chi connectivity index (χ3v) is 3.11. The Morgan fingerprint density at radius 2 is 1.81 bits per heavy atom. The fourth-order valence-electron chi connectivity index (χ4n) is 1.49. The summed E-state index contributed by atoms with van der Waals surface area (Å²) < 4.78 is 31.7. The minimum Gasteiger partial charge on any atom is -0.327 e. The zero-order chi connectivity index (χ0) is 12.6. The van der Waals surface area contributed by atoms with E-state index in [1.807, 2.05) is 28.1 Å². The Balaban J connectivity index is 3.20. The maximum absolute atomic E-state index is 11.0. The molecule has 1 N–H and O–H groups in total. The maximum atomic E-state index is 11.0. The SMILES string of the molecule is Cc1ccc(S(=O)(=O)O)cc1C[N+](C)(C)C. The van der Waals surface area contributed by atoms with Crippen LogP contribution in [0.2, 0.25) is 0 Å². The number of benzene rings is 1. The molecule has 1 aromatic carbocycles. The van der Waals surface area contributed by atoms with E-state index in [2.05, 4.69) is 0 Å². The molecule has 0 aliphatic carbocycles. The van der Waals surface area contributed by atoms with Crippen molar-refractivity contribution in [1.29, 1.82) is 0 Å². The van der Waals surface area contributed by atoms with Crippen LogP contribution >= 0.6 is 0 Å².